The topological polar surface area (TPSA) is 78.6 Å². The normalized spacial score (nSPS) is 17.3. The highest BCUT2D eigenvalue weighted by Gasteiger charge is 2.39. The van der Waals surface area contributed by atoms with E-state index in [1.54, 1.807) is 0 Å². The van der Waals surface area contributed by atoms with Gasteiger partial charge < -0.3 is 28.1 Å². The van der Waals surface area contributed by atoms with Crippen molar-refractivity contribution < 1.29 is 27.5 Å². The van der Waals surface area contributed by atoms with Gasteiger partial charge in [-0.05, 0) is 38.8 Å². The van der Waals surface area contributed by atoms with Crippen LogP contribution < -0.4 is 5.32 Å². The molecule has 7 nitrogen and oxygen atoms in total. The number of carbonyl (C=O) groups excluding carboxylic acids is 1. The summed E-state index contributed by atoms with van der Waals surface area (Å²) in [6, 6.07) is 10.5. The Morgan fingerprint density at radius 1 is 1.17 bits per heavy atom. The zero-order valence-electron chi connectivity index (χ0n) is 17.6. The predicted molar refractivity (Wildman–Crippen MR) is 114 cm³/mol. The van der Waals surface area contributed by atoms with Crippen LogP contribution in [0.2, 0.25) is 6.04 Å². The van der Waals surface area contributed by atoms with Crippen molar-refractivity contribution in [3.8, 4) is 0 Å². The highest BCUT2D eigenvalue weighted by molar-refractivity contribution is 6.60. The number of ether oxygens (including phenoxy) is 2. The Bertz CT molecular complexity index is 606. The van der Waals surface area contributed by atoms with Gasteiger partial charge in [0.05, 0.1) is 6.61 Å². The van der Waals surface area contributed by atoms with Crippen LogP contribution in [0.25, 0.3) is 6.08 Å². The number of amides is 1. The molecule has 0 spiro atoms. The Morgan fingerprint density at radius 2 is 1.79 bits per heavy atom. The lowest BCUT2D eigenvalue weighted by molar-refractivity contribution is 0.0704. The fraction of sp³-hybridized carbons (Fsp3) is 0.571. The summed E-state index contributed by atoms with van der Waals surface area (Å²) in [7, 11) is -2.68. The first-order chi connectivity index (χ1) is 14.1. The minimum Gasteiger partial charge on any atom is -0.439 e. The number of carbonyl (C=O) groups is 1. The number of nitrogens with one attached hydrogen (secondary N) is 1. The maximum absolute atomic E-state index is 12.2. The average molecular weight is 424 g/mol. The monoisotopic (exact) mass is 423 g/mol. The second kappa shape index (κ2) is 12.8. The van der Waals surface area contributed by atoms with Crippen LogP contribution in [0.15, 0.2) is 36.4 Å². The molecule has 2 unspecified atom stereocenters. The van der Waals surface area contributed by atoms with Crippen molar-refractivity contribution in [1.82, 2.24) is 5.32 Å². The molecule has 1 aromatic rings. The van der Waals surface area contributed by atoms with Crippen LogP contribution in [-0.4, -0.2) is 60.1 Å². The Morgan fingerprint density at radius 3 is 2.34 bits per heavy atom. The second-order valence-corrected chi connectivity index (χ2v) is 9.26. The zero-order chi connectivity index (χ0) is 21.0. The van der Waals surface area contributed by atoms with Crippen LogP contribution in [0, 0.1) is 0 Å². The van der Waals surface area contributed by atoms with E-state index in [0.717, 1.165) is 5.56 Å². The zero-order valence-corrected chi connectivity index (χ0v) is 18.6. The van der Waals surface area contributed by atoms with Crippen molar-refractivity contribution >= 4 is 21.0 Å². The van der Waals surface area contributed by atoms with Crippen molar-refractivity contribution in [2.45, 2.75) is 45.4 Å². The number of alkyl carbamates (subject to hydrolysis) is 1. The predicted octanol–water partition coefficient (Wildman–Crippen LogP) is 3.63. The van der Waals surface area contributed by atoms with Crippen LogP contribution in [-0.2, 0) is 22.8 Å². The number of hydrogen-bond acceptors (Lipinski definition) is 6. The lowest BCUT2D eigenvalue weighted by Crippen LogP contribution is -2.46. The minimum absolute atomic E-state index is 0.0744. The van der Waals surface area contributed by atoms with Gasteiger partial charge in [-0.1, -0.05) is 36.4 Å². The fourth-order valence-electron chi connectivity index (χ4n) is 2.92. The highest BCUT2D eigenvalue weighted by Crippen LogP contribution is 2.20. The van der Waals surface area contributed by atoms with E-state index in [1.807, 2.05) is 63.3 Å². The highest BCUT2D eigenvalue weighted by atomic mass is 28.4. The molecule has 0 saturated carbocycles. The van der Waals surface area contributed by atoms with Gasteiger partial charge in [0.25, 0.3) is 0 Å². The quantitative estimate of drug-likeness (QED) is 0.280. The van der Waals surface area contributed by atoms with Crippen LogP contribution in [0.5, 0.6) is 0 Å². The van der Waals surface area contributed by atoms with Crippen molar-refractivity contribution in [1.29, 1.82) is 0 Å². The largest absolute Gasteiger partial charge is 0.500 e. The molecule has 1 aromatic carbocycles. The number of epoxide rings is 1. The molecule has 29 heavy (non-hydrogen) atoms. The maximum Gasteiger partial charge on any atom is 0.500 e. The van der Waals surface area contributed by atoms with Gasteiger partial charge in [-0.25, -0.2) is 4.79 Å². The van der Waals surface area contributed by atoms with Crippen LogP contribution in [0.1, 0.15) is 32.8 Å². The van der Waals surface area contributed by atoms with Gasteiger partial charge in [0.15, 0.2) is 6.10 Å². The van der Waals surface area contributed by atoms with Gasteiger partial charge in [0, 0.05) is 32.4 Å². The van der Waals surface area contributed by atoms with Crippen molar-refractivity contribution in [2.24, 2.45) is 0 Å². The van der Waals surface area contributed by atoms with E-state index in [-0.39, 0.29) is 6.10 Å². The molecule has 1 fully saturated rings. The van der Waals surface area contributed by atoms with Crippen LogP contribution in [0.3, 0.4) is 0 Å². The van der Waals surface area contributed by atoms with Crippen molar-refractivity contribution in [2.75, 3.05) is 33.0 Å². The van der Waals surface area contributed by atoms with E-state index < -0.39 is 21.0 Å². The van der Waals surface area contributed by atoms with Crippen LogP contribution in [0.4, 0.5) is 4.79 Å². The minimum atomic E-state index is -2.68. The molecule has 0 bridgehead atoms. The Balaban J connectivity index is 1.77. The first kappa shape index (κ1) is 23.6. The second-order valence-electron chi connectivity index (χ2n) is 6.52. The number of benzene rings is 1. The summed E-state index contributed by atoms with van der Waals surface area (Å²) in [5.74, 6) is 0. The van der Waals surface area contributed by atoms with Gasteiger partial charge in [-0.3, -0.25) is 0 Å². The summed E-state index contributed by atoms with van der Waals surface area (Å²) in [4.78, 5) is 12.2. The van der Waals surface area contributed by atoms with E-state index in [1.165, 1.54) is 0 Å². The molecule has 162 valence electrons. The molecule has 0 radical (unpaired) electrons. The Labute approximate surface area is 174 Å². The molecule has 1 amide bonds. The molecule has 2 atom stereocenters. The van der Waals surface area contributed by atoms with Gasteiger partial charge in [-0.15, -0.1) is 0 Å². The average Bonchev–Trinajstić information content (AvgIpc) is 3.55. The fourth-order valence-corrected chi connectivity index (χ4v) is 5.53. The summed E-state index contributed by atoms with van der Waals surface area (Å²) >= 11 is 0. The Hall–Kier alpha value is -1.71. The third-order valence-corrected chi connectivity index (χ3v) is 7.42. The molecular weight excluding hydrogens is 390 g/mol. The van der Waals surface area contributed by atoms with E-state index in [2.05, 4.69) is 5.32 Å². The lowest BCUT2D eigenvalue weighted by atomic mass is 10.1. The molecule has 2 rings (SSSR count). The maximum atomic E-state index is 12.2. The van der Waals surface area contributed by atoms with Gasteiger partial charge >= 0.3 is 14.9 Å². The molecule has 1 heterocycles. The Kier molecular flexibility index (Phi) is 10.4. The van der Waals surface area contributed by atoms with Gasteiger partial charge in [0.1, 0.15) is 6.10 Å². The number of hydrogen-bond donors (Lipinski definition) is 1. The van der Waals surface area contributed by atoms with E-state index in [9.17, 15) is 4.79 Å². The molecule has 1 aliphatic rings. The molecule has 0 aromatic heterocycles. The molecule has 8 heteroatoms. The van der Waals surface area contributed by atoms with Gasteiger partial charge in [0.2, 0.25) is 0 Å². The molecule has 1 aliphatic heterocycles. The molecular formula is C21H33NO6Si. The first-order valence-electron chi connectivity index (χ1n) is 10.3. The standard InChI is InChI=1S/C21H33NO6Si/c1-4-25-29(26-5-2,27-6-3)16-10-15-22-21(23)28-19(20-17-24-20)14-13-18-11-8-7-9-12-18/h7-9,11-14,19-20H,4-6,10,15-17H2,1-3H3,(H,22,23). The third-order valence-electron chi connectivity index (χ3n) is 4.27. The summed E-state index contributed by atoms with van der Waals surface area (Å²) in [6.07, 6.45) is 3.55. The lowest BCUT2D eigenvalue weighted by Gasteiger charge is -2.28. The summed E-state index contributed by atoms with van der Waals surface area (Å²) < 4.78 is 28.3. The van der Waals surface area contributed by atoms with Crippen molar-refractivity contribution in [3.63, 3.8) is 0 Å². The van der Waals surface area contributed by atoms with Gasteiger partial charge in [-0.2, -0.15) is 0 Å². The van der Waals surface area contributed by atoms with E-state index in [0.29, 0.717) is 45.4 Å². The van der Waals surface area contributed by atoms with E-state index >= 15 is 0 Å². The van der Waals surface area contributed by atoms with E-state index in [4.69, 9.17) is 22.8 Å². The smallest absolute Gasteiger partial charge is 0.439 e. The first-order valence-corrected chi connectivity index (χ1v) is 12.3. The molecule has 1 N–H and O–H groups in total. The summed E-state index contributed by atoms with van der Waals surface area (Å²) in [5.41, 5.74) is 1.05. The van der Waals surface area contributed by atoms with Crippen molar-refractivity contribution in [3.05, 3.63) is 42.0 Å². The summed E-state index contributed by atoms with van der Waals surface area (Å²) in [6.45, 7) is 8.47. The summed E-state index contributed by atoms with van der Waals surface area (Å²) in [5, 5.41) is 2.80. The third kappa shape index (κ3) is 8.67. The number of rotatable bonds is 14. The van der Waals surface area contributed by atoms with Crippen LogP contribution >= 0.6 is 0 Å². The SMILES string of the molecule is CCO[Si](CCCNC(=O)OC(C=Cc1ccccc1)C1CO1)(OCC)OCC. The molecule has 0 aliphatic carbocycles. The molecule has 1 saturated heterocycles.